The maximum Gasteiger partial charge on any atom is 0.251 e. The summed E-state index contributed by atoms with van der Waals surface area (Å²) in [4.78, 5) is 44.3. The van der Waals surface area contributed by atoms with E-state index in [9.17, 15) is 18.8 Å². The molecule has 0 saturated heterocycles. The van der Waals surface area contributed by atoms with Crippen LogP contribution in [0.4, 0.5) is 10.1 Å². The van der Waals surface area contributed by atoms with Crippen LogP contribution in [0.25, 0.3) is 0 Å². The van der Waals surface area contributed by atoms with Gasteiger partial charge in [-0.1, -0.05) is 23.7 Å². The fraction of sp³-hybridized carbons (Fsp3) is 0.200. The first-order valence-corrected chi connectivity index (χ1v) is 10.8. The first-order valence-electron chi connectivity index (χ1n) is 10.5. The lowest BCUT2D eigenvalue weighted by atomic mass is 9.85. The number of carbonyl (C=O) groups excluding carboxylic acids is 3. The Bertz CT molecular complexity index is 1280. The molecule has 0 bridgehead atoms. The van der Waals surface area contributed by atoms with E-state index in [4.69, 9.17) is 16.3 Å². The first-order chi connectivity index (χ1) is 16.3. The van der Waals surface area contributed by atoms with Gasteiger partial charge in [-0.05, 0) is 47.9 Å². The molecule has 0 radical (unpaired) electrons. The van der Waals surface area contributed by atoms with E-state index in [2.05, 4.69) is 10.3 Å². The molecule has 0 spiro atoms. The number of pyridine rings is 1. The number of hydrogen-bond acceptors (Lipinski definition) is 5. The Morgan fingerprint density at radius 3 is 2.59 bits per heavy atom. The van der Waals surface area contributed by atoms with Crippen molar-refractivity contribution in [2.24, 2.45) is 5.92 Å². The highest BCUT2D eigenvalue weighted by Gasteiger charge is 2.38. The lowest BCUT2D eigenvalue weighted by Crippen LogP contribution is -2.43. The summed E-state index contributed by atoms with van der Waals surface area (Å²) >= 11 is 5.73. The van der Waals surface area contributed by atoms with Gasteiger partial charge in [0.25, 0.3) is 5.91 Å². The van der Waals surface area contributed by atoms with Crippen LogP contribution in [-0.4, -0.2) is 36.7 Å². The summed E-state index contributed by atoms with van der Waals surface area (Å²) < 4.78 is 18.9. The summed E-state index contributed by atoms with van der Waals surface area (Å²) in [6.07, 6.45) is 1.62. The third kappa shape index (κ3) is 4.63. The highest BCUT2D eigenvalue weighted by molar-refractivity contribution is 6.30. The predicted molar refractivity (Wildman–Crippen MR) is 125 cm³/mol. The largest absolute Gasteiger partial charge is 0.481 e. The molecule has 9 heteroatoms. The number of nitrogens with zero attached hydrogens (tertiary/aromatic N) is 2. The Balaban J connectivity index is 1.53. The first kappa shape index (κ1) is 23.4. The van der Waals surface area contributed by atoms with Crippen molar-refractivity contribution in [3.63, 3.8) is 0 Å². The van der Waals surface area contributed by atoms with Crippen LogP contribution < -0.4 is 15.0 Å². The number of hydrogen-bond donors (Lipinski definition) is 1. The van der Waals surface area contributed by atoms with Crippen molar-refractivity contribution < 1.29 is 23.5 Å². The number of carbonyl (C=O) groups is 3. The van der Waals surface area contributed by atoms with E-state index in [0.717, 1.165) is 5.56 Å². The fourth-order valence-corrected chi connectivity index (χ4v) is 3.94. The summed E-state index contributed by atoms with van der Waals surface area (Å²) in [6.45, 7) is 0.240. The monoisotopic (exact) mass is 481 g/mol. The molecular weight excluding hydrogens is 461 g/mol. The quantitative estimate of drug-likeness (QED) is 0.540. The molecule has 3 aromatic rings. The molecule has 174 valence electrons. The van der Waals surface area contributed by atoms with Crippen LogP contribution in [0.5, 0.6) is 5.88 Å². The minimum Gasteiger partial charge on any atom is -0.481 e. The molecule has 2 heterocycles. The van der Waals surface area contributed by atoms with E-state index in [1.54, 1.807) is 43.6 Å². The molecule has 1 atom stereocenters. The summed E-state index contributed by atoms with van der Waals surface area (Å²) in [7, 11) is 3.09. The Labute approximate surface area is 200 Å². The van der Waals surface area contributed by atoms with Gasteiger partial charge < -0.3 is 15.0 Å². The summed E-state index contributed by atoms with van der Waals surface area (Å²) in [5.74, 6) is -2.35. The van der Waals surface area contributed by atoms with Gasteiger partial charge in [0.15, 0.2) is 5.78 Å². The minimum atomic E-state index is -1.03. The number of ether oxygens (including phenoxy) is 1. The average Bonchev–Trinajstić information content (AvgIpc) is 2.85. The van der Waals surface area contributed by atoms with Crippen molar-refractivity contribution in [1.29, 1.82) is 0 Å². The van der Waals surface area contributed by atoms with E-state index in [0.29, 0.717) is 17.1 Å². The van der Waals surface area contributed by atoms with Crippen molar-refractivity contribution >= 4 is 34.9 Å². The lowest BCUT2D eigenvalue weighted by Gasteiger charge is -2.30. The van der Waals surface area contributed by atoms with Crippen LogP contribution >= 0.6 is 11.6 Å². The average molecular weight is 482 g/mol. The molecule has 1 unspecified atom stereocenters. The molecule has 0 saturated carbocycles. The third-order valence-electron chi connectivity index (χ3n) is 5.71. The highest BCUT2D eigenvalue weighted by Crippen LogP contribution is 2.32. The zero-order chi connectivity index (χ0) is 24.4. The van der Waals surface area contributed by atoms with Crippen molar-refractivity contribution in [2.75, 3.05) is 19.1 Å². The number of ketones is 1. The normalized spacial score (nSPS) is 15.2. The van der Waals surface area contributed by atoms with Gasteiger partial charge in [-0.2, -0.15) is 0 Å². The molecule has 2 amide bonds. The molecule has 0 aliphatic carbocycles. The van der Waals surface area contributed by atoms with Gasteiger partial charge in [-0.25, -0.2) is 9.37 Å². The number of methoxy groups -OCH3 is 1. The number of aromatic nitrogens is 1. The second-order valence-electron chi connectivity index (χ2n) is 7.89. The Hall–Kier alpha value is -3.78. The van der Waals surface area contributed by atoms with Gasteiger partial charge in [0.1, 0.15) is 11.7 Å². The van der Waals surface area contributed by atoms with Crippen molar-refractivity contribution in [3.8, 4) is 5.88 Å². The molecular formula is C25H21ClFN3O4. The number of rotatable bonds is 6. The third-order valence-corrected chi connectivity index (χ3v) is 6.02. The van der Waals surface area contributed by atoms with Gasteiger partial charge in [0, 0.05) is 37.0 Å². The van der Waals surface area contributed by atoms with Gasteiger partial charge in [-0.15, -0.1) is 0 Å². The van der Waals surface area contributed by atoms with E-state index in [1.165, 1.54) is 30.2 Å². The van der Waals surface area contributed by atoms with Gasteiger partial charge in [-0.3, -0.25) is 14.4 Å². The Kier molecular flexibility index (Phi) is 6.61. The van der Waals surface area contributed by atoms with E-state index in [-0.39, 0.29) is 35.0 Å². The number of anilines is 1. The molecule has 1 aliphatic rings. The number of halogens is 2. The van der Waals surface area contributed by atoms with Crippen LogP contribution in [0, 0.1) is 11.7 Å². The number of Topliss-reactive ketones (excluding diaryl/α,β-unsaturated/α-hetero) is 1. The van der Waals surface area contributed by atoms with Gasteiger partial charge in [0.05, 0.1) is 17.8 Å². The van der Waals surface area contributed by atoms with Gasteiger partial charge in [0.2, 0.25) is 11.8 Å². The van der Waals surface area contributed by atoms with Crippen LogP contribution in [0.15, 0.2) is 54.7 Å². The number of amides is 2. The van der Waals surface area contributed by atoms with Crippen molar-refractivity contribution in [2.45, 2.75) is 13.0 Å². The van der Waals surface area contributed by atoms with Crippen LogP contribution in [0.3, 0.4) is 0 Å². The SMILES string of the molecule is COc1ccc(CNC(=O)c2ccc3c(c2)C(=O)C(Cc2ccc(Cl)c(F)c2)C(=O)N3C)cn1. The number of benzene rings is 2. The number of nitrogens with one attached hydrogen (secondary N) is 1. The molecule has 1 aromatic heterocycles. The van der Waals surface area contributed by atoms with E-state index >= 15 is 0 Å². The molecule has 34 heavy (non-hydrogen) atoms. The lowest BCUT2D eigenvalue weighted by molar-refractivity contribution is -0.121. The standard InChI is InChI=1S/C25H21ClFN3O4/c1-30-21-7-5-16(24(32)29-13-15-4-8-22(34-2)28-12-15)11-17(21)23(31)18(25(30)33)9-14-3-6-19(26)20(27)10-14/h3-8,10-12,18H,9,13H2,1-2H3,(H,29,32). The maximum atomic E-state index is 13.9. The zero-order valence-electron chi connectivity index (χ0n) is 18.5. The smallest absolute Gasteiger partial charge is 0.251 e. The molecule has 2 aromatic carbocycles. The van der Waals surface area contributed by atoms with Crippen molar-refractivity contribution in [3.05, 3.63) is 87.8 Å². The second kappa shape index (κ2) is 9.61. The second-order valence-corrected chi connectivity index (χ2v) is 8.30. The Morgan fingerprint density at radius 2 is 1.91 bits per heavy atom. The van der Waals surface area contributed by atoms with E-state index < -0.39 is 23.4 Å². The fourth-order valence-electron chi connectivity index (χ4n) is 3.82. The summed E-state index contributed by atoms with van der Waals surface area (Å²) in [6, 6.07) is 12.3. The van der Waals surface area contributed by atoms with E-state index in [1.807, 2.05) is 0 Å². The summed E-state index contributed by atoms with van der Waals surface area (Å²) in [5, 5.41) is 2.76. The van der Waals surface area contributed by atoms with Gasteiger partial charge >= 0.3 is 0 Å². The Morgan fingerprint density at radius 1 is 1.15 bits per heavy atom. The topological polar surface area (TPSA) is 88.6 Å². The summed E-state index contributed by atoms with van der Waals surface area (Å²) in [5.41, 5.74) is 2.23. The van der Waals surface area contributed by atoms with Crippen LogP contribution in [0.1, 0.15) is 31.8 Å². The molecule has 0 fully saturated rings. The molecule has 1 aliphatic heterocycles. The maximum absolute atomic E-state index is 13.9. The van der Waals surface area contributed by atoms with Crippen LogP contribution in [0.2, 0.25) is 5.02 Å². The molecule has 7 nitrogen and oxygen atoms in total. The molecule has 1 N–H and O–H groups in total. The predicted octanol–water partition coefficient (Wildman–Crippen LogP) is 3.83. The van der Waals surface area contributed by atoms with Crippen LogP contribution in [-0.2, 0) is 17.8 Å². The molecule has 4 rings (SSSR count). The highest BCUT2D eigenvalue weighted by atomic mass is 35.5. The minimum absolute atomic E-state index is 0.0242. The number of fused-ring (bicyclic) bond motifs is 1. The zero-order valence-corrected chi connectivity index (χ0v) is 19.2. The van der Waals surface area contributed by atoms with Crippen molar-refractivity contribution in [1.82, 2.24) is 10.3 Å².